The second-order valence-electron chi connectivity index (χ2n) is 7.03. The fraction of sp³-hybridized carbons (Fsp3) is 0.273. The third-order valence-corrected chi connectivity index (χ3v) is 5.04. The summed E-state index contributed by atoms with van der Waals surface area (Å²) in [5.41, 5.74) is 2.33. The Labute approximate surface area is 168 Å². The Kier molecular flexibility index (Phi) is 5.12. The molecule has 7 nitrogen and oxygen atoms in total. The number of nitrogens with zero attached hydrogens (tertiary/aromatic N) is 1. The van der Waals surface area contributed by atoms with Crippen molar-refractivity contribution in [2.24, 2.45) is 0 Å². The summed E-state index contributed by atoms with van der Waals surface area (Å²) in [6.07, 6.45) is -0.488. The zero-order valence-corrected chi connectivity index (χ0v) is 16.3. The second kappa shape index (κ2) is 7.87. The Hall–Kier alpha value is -3.48. The fourth-order valence-electron chi connectivity index (χ4n) is 3.35. The topological polar surface area (TPSA) is 81.0 Å². The Balaban J connectivity index is 1.31. The maximum absolute atomic E-state index is 12.8. The first kappa shape index (κ1) is 18.9. The number of alkyl carbamates (subject to hydrolysis) is 1. The Morgan fingerprint density at radius 3 is 2.66 bits per heavy atom. The molecule has 2 heterocycles. The molecule has 1 fully saturated rings. The lowest BCUT2D eigenvalue weighted by atomic mass is 10.1. The van der Waals surface area contributed by atoms with Crippen LogP contribution in [0.2, 0.25) is 0 Å². The number of hydrogen-bond donors (Lipinski definition) is 1. The number of rotatable bonds is 5. The van der Waals surface area contributed by atoms with Gasteiger partial charge < -0.3 is 24.1 Å². The van der Waals surface area contributed by atoms with Crippen molar-refractivity contribution in [3.8, 4) is 5.75 Å². The number of fused-ring (bicyclic) bond motifs is 1. The number of methoxy groups -OCH3 is 1. The zero-order chi connectivity index (χ0) is 20.4. The van der Waals surface area contributed by atoms with E-state index < -0.39 is 6.09 Å². The molecule has 1 aromatic heterocycles. The first-order chi connectivity index (χ1) is 14.0. The van der Waals surface area contributed by atoms with E-state index in [9.17, 15) is 9.59 Å². The average molecular weight is 394 g/mol. The third kappa shape index (κ3) is 3.89. The van der Waals surface area contributed by atoms with E-state index in [1.807, 2.05) is 49.4 Å². The van der Waals surface area contributed by atoms with Crippen LogP contribution in [-0.4, -0.2) is 43.1 Å². The van der Waals surface area contributed by atoms with Gasteiger partial charge in [-0.1, -0.05) is 30.3 Å². The molecule has 0 atom stereocenters. The number of furan rings is 1. The molecule has 29 heavy (non-hydrogen) atoms. The van der Waals surface area contributed by atoms with Crippen molar-refractivity contribution in [3.05, 3.63) is 65.4 Å². The zero-order valence-electron chi connectivity index (χ0n) is 16.3. The molecule has 2 amide bonds. The van der Waals surface area contributed by atoms with E-state index in [1.54, 1.807) is 18.1 Å². The van der Waals surface area contributed by atoms with Crippen molar-refractivity contribution in [1.82, 2.24) is 10.2 Å². The first-order valence-corrected chi connectivity index (χ1v) is 9.39. The van der Waals surface area contributed by atoms with Gasteiger partial charge in [-0.05, 0) is 24.6 Å². The van der Waals surface area contributed by atoms with Gasteiger partial charge in [-0.3, -0.25) is 4.79 Å². The molecule has 3 aromatic rings. The van der Waals surface area contributed by atoms with E-state index in [1.165, 1.54) is 0 Å². The average Bonchev–Trinajstić information content (AvgIpc) is 3.05. The van der Waals surface area contributed by atoms with Crippen LogP contribution in [0.15, 0.2) is 52.9 Å². The number of aryl methyl sites for hydroxylation is 1. The lowest BCUT2D eigenvalue weighted by molar-refractivity contribution is 0.0516. The summed E-state index contributed by atoms with van der Waals surface area (Å²) in [6.45, 7) is 2.91. The number of amides is 2. The predicted octanol–water partition coefficient (Wildman–Crippen LogP) is 3.50. The van der Waals surface area contributed by atoms with Crippen LogP contribution in [0.1, 0.15) is 21.7 Å². The minimum atomic E-state index is -0.488. The lowest BCUT2D eigenvalue weighted by Crippen LogP contribution is -2.61. The van der Waals surface area contributed by atoms with Crippen molar-refractivity contribution in [2.45, 2.75) is 19.6 Å². The maximum Gasteiger partial charge on any atom is 0.407 e. The standard InChI is InChI=1S/C22H22N2O5/c1-14-18-9-8-17(27-2)10-19(18)29-20(14)21(25)24-11-16(12-24)23-22(26)28-13-15-6-4-3-5-7-15/h3-10,16H,11-13H2,1-2H3,(H,23,26). The highest BCUT2D eigenvalue weighted by Gasteiger charge is 2.35. The van der Waals surface area contributed by atoms with Gasteiger partial charge >= 0.3 is 6.09 Å². The molecular formula is C22H22N2O5. The summed E-state index contributed by atoms with van der Waals surface area (Å²) < 4.78 is 16.2. The summed E-state index contributed by atoms with van der Waals surface area (Å²) in [4.78, 5) is 26.3. The van der Waals surface area contributed by atoms with Gasteiger partial charge in [-0.25, -0.2) is 4.79 Å². The highest BCUT2D eigenvalue weighted by atomic mass is 16.5. The Bertz CT molecular complexity index is 1040. The fourth-order valence-corrected chi connectivity index (χ4v) is 3.35. The van der Waals surface area contributed by atoms with Gasteiger partial charge in [-0.2, -0.15) is 0 Å². The predicted molar refractivity (Wildman–Crippen MR) is 107 cm³/mol. The molecule has 0 saturated carbocycles. The number of ether oxygens (including phenoxy) is 2. The number of nitrogens with one attached hydrogen (secondary N) is 1. The number of likely N-dealkylation sites (tertiary alicyclic amines) is 1. The van der Waals surface area contributed by atoms with Crippen LogP contribution in [-0.2, 0) is 11.3 Å². The van der Waals surface area contributed by atoms with Gasteiger partial charge in [0.2, 0.25) is 0 Å². The Morgan fingerprint density at radius 1 is 1.17 bits per heavy atom. The summed E-state index contributed by atoms with van der Waals surface area (Å²) in [6, 6.07) is 14.8. The molecular weight excluding hydrogens is 372 g/mol. The van der Waals surface area contributed by atoms with Gasteiger partial charge in [0.25, 0.3) is 5.91 Å². The molecule has 1 N–H and O–H groups in total. The molecule has 1 saturated heterocycles. The van der Waals surface area contributed by atoms with E-state index >= 15 is 0 Å². The molecule has 0 spiro atoms. The van der Waals surface area contributed by atoms with Crippen molar-refractivity contribution in [2.75, 3.05) is 20.2 Å². The van der Waals surface area contributed by atoms with E-state index in [0.29, 0.717) is 30.2 Å². The molecule has 150 valence electrons. The lowest BCUT2D eigenvalue weighted by Gasteiger charge is -2.38. The van der Waals surface area contributed by atoms with E-state index in [2.05, 4.69) is 5.32 Å². The minimum absolute atomic E-state index is 0.132. The third-order valence-electron chi connectivity index (χ3n) is 5.04. The number of carbonyl (C=O) groups is 2. The number of hydrogen-bond acceptors (Lipinski definition) is 5. The summed E-state index contributed by atoms with van der Waals surface area (Å²) in [5.74, 6) is 0.805. The molecule has 0 aliphatic carbocycles. The second-order valence-corrected chi connectivity index (χ2v) is 7.03. The first-order valence-electron chi connectivity index (χ1n) is 9.39. The summed E-state index contributed by atoms with van der Waals surface area (Å²) >= 11 is 0. The van der Waals surface area contributed by atoms with Gasteiger partial charge in [0, 0.05) is 30.1 Å². The largest absolute Gasteiger partial charge is 0.497 e. The van der Waals surface area contributed by atoms with Crippen molar-refractivity contribution in [1.29, 1.82) is 0 Å². The molecule has 0 bridgehead atoms. The van der Waals surface area contributed by atoms with Crippen molar-refractivity contribution >= 4 is 23.0 Å². The molecule has 7 heteroatoms. The van der Waals surface area contributed by atoms with Gasteiger partial charge in [-0.15, -0.1) is 0 Å². The van der Waals surface area contributed by atoms with Gasteiger partial charge in [0.05, 0.1) is 13.2 Å². The van der Waals surface area contributed by atoms with Crippen molar-refractivity contribution in [3.63, 3.8) is 0 Å². The van der Waals surface area contributed by atoms with Crippen LogP contribution < -0.4 is 10.1 Å². The van der Waals surface area contributed by atoms with Crippen LogP contribution in [0.5, 0.6) is 5.75 Å². The molecule has 1 aliphatic heterocycles. The highest BCUT2D eigenvalue weighted by Crippen LogP contribution is 2.30. The number of carbonyl (C=O) groups excluding carboxylic acids is 2. The summed E-state index contributed by atoms with van der Waals surface area (Å²) in [7, 11) is 1.58. The molecule has 0 radical (unpaired) electrons. The van der Waals surface area contributed by atoms with Gasteiger partial charge in [0.1, 0.15) is 17.9 Å². The van der Waals surface area contributed by atoms with E-state index in [-0.39, 0.29) is 18.6 Å². The van der Waals surface area contributed by atoms with Crippen LogP contribution in [0, 0.1) is 6.92 Å². The SMILES string of the molecule is COc1ccc2c(C)c(C(=O)N3CC(NC(=O)OCc4ccccc4)C3)oc2c1. The smallest absolute Gasteiger partial charge is 0.407 e. The van der Waals surface area contributed by atoms with Crippen LogP contribution in [0.25, 0.3) is 11.0 Å². The molecule has 1 aliphatic rings. The minimum Gasteiger partial charge on any atom is -0.497 e. The normalized spacial score (nSPS) is 13.8. The maximum atomic E-state index is 12.8. The Morgan fingerprint density at radius 2 is 1.93 bits per heavy atom. The summed E-state index contributed by atoms with van der Waals surface area (Å²) in [5, 5.41) is 3.66. The van der Waals surface area contributed by atoms with Crippen molar-refractivity contribution < 1.29 is 23.5 Å². The molecule has 4 rings (SSSR count). The van der Waals surface area contributed by atoms with Crippen LogP contribution >= 0.6 is 0 Å². The quantitative estimate of drug-likeness (QED) is 0.716. The van der Waals surface area contributed by atoms with Crippen LogP contribution in [0.3, 0.4) is 0 Å². The van der Waals surface area contributed by atoms with E-state index in [0.717, 1.165) is 16.5 Å². The number of benzene rings is 2. The molecule has 0 unspecified atom stereocenters. The van der Waals surface area contributed by atoms with Crippen LogP contribution in [0.4, 0.5) is 4.79 Å². The monoisotopic (exact) mass is 394 g/mol. The highest BCUT2D eigenvalue weighted by molar-refractivity contribution is 5.99. The molecule has 2 aromatic carbocycles. The van der Waals surface area contributed by atoms with Gasteiger partial charge in [0.15, 0.2) is 5.76 Å². The van der Waals surface area contributed by atoms with E-state index in [4.69, 9.17) is 13.9 Å².